The van der Waals surface area contributed by atoms with Crippen molar-refractivity contribution in [2.75, 3.05) is 37.5 Å². The van der Waals surface area contributed by atoms with Crippen LogP contribution in [0.5, 0.6) is 11.8 Å². The highest BCUT2D eigenvalue weighted by Gasteiger charge is 2.50. The summed E-state index contributed by atoms with van der Waals surface area (Å²) in [6, 6.07) is 13.5. The summed E-state index contributed by atoms with van der Waals surface area (Å²) in [7, 11) is 3.92. The van der Waals surface area contributed by atoms with Crippen molar-refractivity contribution in [2.24, 2.45) is 0 Å². The van der Waals surface area contributed by atoms with Crippen molar-refractivity contribution >= 4 is 28.7 Å². The average Bonchev–Trinajstić information content (AvgIpc) is 3.53. The lowest BCUT2D eigenvalue weighted by molar-refractivity contribution is 0.0615. The SMILES string of the molecule is CN(C)c1cccc(Oc2nnnn2[C@@H]2CO[C@@H]3[C@@H]2OC[C@@H]3NC(=S)Nc2ccc(F)cc2)c1. The lowest BCUT2D eigenvalue weighted by Gasteiger charge is -2.20. The summed E-state index contributed by atoms with van der Waals surface area (Å²) < 4.78 is 32.8. The van der Waals surface area contributed by atoms with Gasteiger partial charge in [0.15, 0.2) is 5.11 Å². The van der Waals surface area contributed by atoms with Gasteiger partial charge in [-0.05, 0) is 59.0 Å². The van der Waals surface area contributed by atoms with Gasteiger partial charge in [0.1, 0.15) is 29.8 Å². The van der Waals surface area contributed by atoms with E-state index in [0.717, 1.165) is 5.69 Å². The third-order valence-electron chi connectivity index (χ3n) is 5.77. The molecule has 2 saturated heterocycles. The molecule has 0 spiro atoms. The van der Waals surface area contributed by atoms with Crippen LogP contribution in [0.3, 0.4) is 0 Å². The van der Waals surface area contributed by atoms with Crippen molar-refractivity contribution < 1.29 is 18.6 Å². The summed E-state index contributed by atoms with van der Waals surface area (Å²) in [5, 5.41) is 18.7. The Hall–Kier alpha value is -3.35. The maximum absolute atomic E-state index is 13.1. The Balaban J connectivity index is 1.23. The van der Waals surface area contributed by atoms with Crippen LogP contribution in [0.1, 0.15) is 6.04 Å². The molecule has 3 heterocycles. The van der Waals surface area contributed by atoms with Crippen LogP contribution in [0, 0.1) is 5.82 Å². The second-order valence-corrected chi connectivity index (χ2v) is 8.68. The third-order valence-corrected chi connectivity index (χ3v) is 5.99. The molecule has 3 aromatic rings. The minimum atomic E-state index is -0.307. The van der Waals surface area contributed by atoms with Crippen LogP contribution in [0.25, 0.3) is 0 Å². The lowest BCUT2D eigenvalue weighted by atomic mass is 10.1. The van der Waals surface area contributed by atoms with Gasteiger partial charge in [0.05, 0.1) is 19.3 Å². The first kappa shape index (κ1) is 22.4. The second-order valence-electron chi connectivity index (χ2n) is 8.27. The molecule has 2 aliphatic heterocycles. The number of benzene rings is 2. The van der Waals surface area contributed by atoms with Crippen molar-refractivity contribution in [3.05, 3.63) is 54.3 Å². The Morgan fingerprint density at radius 2 is 1.94 bits per heavy atom. The zero-order valence-electron chi connectivity index (χ0n) is 18.6. The third kappa shape index (κ3) is 4.65. The van der Waals surface area contributed by atoms with Crippen LogP contribution in [-0.4, -0.2) is 70.9 Å². The van der Waals surface area contributed by atoms with Gasteiger partial charge in [0, 0.05) is 31.5 Å². The molecule has 178 valence electrons. The summed E-state index contributed by atoms with van der Waals surface area (Å²) in [4.78, 5) is 1.99. The molecule has 2 aromatic carbocycles. The predicted octanol–water partition coefficient (Wildman–Crippen LogP) is 2.36. The predicted molar refractivity (Wildman–Crippen MR) is 127 cm³/mol. The fraction of sp³-hybridized carbons (Fsp3) is 0.364. The van der Waals surface area contributed by atoms with Crippen LogP contribution in [0.4, 0.5) is 15.8 Å². The first-order valence-corrected chi connectivity index (χ1v) is 11.2. The molecule has 1 aromatic heterocycles. The van der Waals surface area contributed by atoms with Gasteiger partial charge in [0.2, 0.25) is 0 Å². The molecular formula is C22H24FN7O3S. The van der Waals surface area contributed by atoms with Crippen LogP contribution in [0.15, 0.2) is 48.5 Å². The Kier molecular flexibility index (Phi) is 6.26. The summed E-state index contributed by atoms with van der Waals surface area (Å²) in [6.07, 6.45) is -0.517. The molecule has 0 saturated carbocycles. The summed E-state index contributed by atoms with van der Waals surface area (Å²) >= 11 is 5.41. The maximum atomic E-state index is 13.1. The van der Waals surface area contributed by atoms with E-state index in [4.69, 9.17) is 26.4 Å². The monoisotopic (exact) mass is 485 g/mol. The number of hydrogen-bond donors (Lipinski definition) is 2. The number of nitrogens with one attached hydrogen (secondary N) is 2. The molecule has 2 aliphatic rings. The maximum Gasteiger partial charge on any atom is 0.341 e. The number of ether oxygens (including phenoxy) is 3. The number of anilines is 2. The van der Waals surface area contributed by atoms with E-state index < -0.39 is 0 Å². The number of tetrazole rings is 1. The number of aromatic nitrogens is 4. The molecule has 5 rings (SSSR count). The molecule has 0 aliphatic carbocycles. The van der Waals surface area contributed by atoms with E-state index >= 15 is 0 Å². The van der Waals surface area contributed by atoms with E-state index in [9.17, 15) is 4.39 Å². The number of fused-ring (bicyclic) bond motifs is 1. The summed E-state index contributed by atoms with van der Waals surface area (Å²) in [5.41, 5.74) is 1.69. The fourth-order valence-corrected chi connectivity index (χ4v) is 4.34. The number of thiocarbonyl (C=S) groups is 1. The summed E-state index contributed by atoms with van der Waals surface area (Å²) in [6.45, 7) is 0.769. The van der Waals surface area contributed by atoms with Crippen molar-refractivity contribution in [3.8, 4) is 11.8 Å². The number of rotatable bonds is 6. The molecule has 0 radical (unpaired) electrons. The topological polar surface area (TPSA) is 98.6 Å². The van der Waals surface area contributed by atoms with Crippen molar-refractivity contribution in [1.82, 2.24) is 25.5 Å². The Morgan fingerprint density at radius 3 is 2.74 bits per heavy atom. The number of hydrogen-bond acceptors (Lipinski definition) is 8. The average molecular weight is 486 g/mol. The van der Waals surface area contributed by atoms with Gasteiger partial charge in [-0.2, -0.15) is 4.68 Å². The Labute approximate surface area is 201 Å². The highest BCUT2D eigenvalue weighted by atomic mass is 32.1. The van der Waals surface area contributed by atoms with E-state index in [1.165, 1.54) is 12.1 Å². The van der Waals surface area contributed by atoms with Crippen LogP contribution < -0.4 is 20.3 Å². The van der Waals surface area contributed by atoms with Gasteiger partial charge >= 0.3 is 6.01 Å². The van der Waals surface area contributed by atoms with Gasteiger partial charge in [-0.3, -0.25) is 0 Å². The molecule has 0 amide bonds. The van der Waals surface area contributed by atoms with Crippen molar-refractivity contribution in [3.63, 3.8) is 0 Å². The van der Waals surface area contributed by atoms with Gasteiger partial charge in [-0.15, -0.1) is 0 Å². The van der Waals surface area contributed by atoms with E-state index in [-0.39, 0.29) is 36.1 Å². The Morgan fingerprint density at radius 1 is 1.15 bits per heavy atom. The van der Waals surface area contributed by atoms with E-state index in [1.54, 1.807) is 16.8 Å². The fourth-order valence-electron chi connectivity index (χ4n) is 4.07. The second kappa shape index (κ2) is 9.49. The molecule has 4 atom stereocenters. The molecule has 2 fully saturated rings. The largest absolute Gasteiger partial charge is 0.423 e. The molecule has 10 nitrogen and oxygen atoms in total. The molecule has 0 bridgehead atoms. The lowest BCUT2D eigenvalue weighted by Crippen LogP contribution is -2.45. The first-order chi connectivity index (χ1) is 16.5. The quantitative estimate of drug-likeness (QED) is 0.507. The minimum absolute atomic E-state index is 0.159. The molecule has 0 unspecified atom stereocenters. The van der Waals surface area contributed by atoms with Crippen LogP contribution in [-0.2, 0) is 9.47 Å². The van der Waals surface area contributed by atoms with Gasteiger partial charge in [-0.1, -0.05) is 11.2 Å². The number of nitrogens with zero attached hydrogens (tertiary/aromatic N) is 5. The van der Waals surface area contributed by atoms with Crippen molar-refractivity contribution in [2.45, 2.75) is 24.3 Å². The van der Waals surface area contributed by atoms with Crippen LogP contribution in [0.2, 0.25) is 0 Å². The van der Waals surface area contributed by atoms with Gasteiger partial charge in [0.25, 0.3) is 0 Å². The first-order valence-electron chi connectivity index (χ1n) is 10.8. The zero-order valence-corrected chi connectivity index (χ0v) is 19.4. The molecule has 34 heavy (non-hydrogen) atoms. The highest BCUT2D eigenvalue weighted by Crippen LogP contribution is 2.36. The Bertz CT molecular complexity index is 1160. The van der Waals surface area contributed by atoms with Crippen LogP contribution >= 0.6 is 12.2 Å². The van der Waals surface area contributed by atoms with E-state index in [0.29, 0.717) is 29.8 Å². The van der Waals surface area contributed by atoms with E-state index in [1.807, 2.05) is 43.3 Å². The molecular weight excluding hydrogens is 461 g/mol. The van der Waals surface area contributed by atoms with Gasteiger partial charge in [-0.25, -0.2) is 4.39 Å². The van der Waals surface area contributed by atoms with Crippen molar-refractivity contribution in [1.29, 1.82) is 0 Å². The highest BCUT2D eigenvalue weighted by molar-refractivity contribution is 7.80. The summed E-state index contributed by atoms with van der Waals surface area (Å²) in [5.74, 6) is 0.319. The smallest absolute Gasteiger partial charge is 0.341 e. The number of halogens is 1. The van der Waals surface area contributed by atoms with E-state index in [2.05, 4.69) is 26.2 Å². The zero-order chi connectivity index (χ0) is 23.7. The molecule has 12 heteroatoms. The minimum Gasteiger partial charge on any atom is -0.423 e. The molecule has 2 N–H and O–H groups in total. The standard InChI is InChI=1S/C22H24FN7O3S/c1-29(2)15-4-3-5-16(10-15)33-22-26-27-28-30(22)18-12-32-19-17(11-31-20(18)19)25-21(34)24-14-8-6-13(23)7-9-14/h3-10,17-20H,11-12H2,1-2H3,(H2,24,25,34)/t17-,18+,19-,20+/m0/s1. The van der Waals surface area contributed by atoms with Gasteiger partial charge < -0.3 is 29.7 Å². The normalized spacial score (nSPS) is 23.4.